The lowest BCUT2D eigenvalue weighted by Gasteiger charge is -2.17. The van der Waals surface area contributed by atoms with Crippen molar-refractivity contribution in [2.24, 2.45) is 0 Å². The number of amides is 1. The lowest BCUT2D eigenvalue weighted by molar-refractivity contribution is 0.0782. The van der Waals surface area contributed by atoms with Gasteiger partial charge in [-0.1, -0.05) is 5.16 Å². The monoisotopic (exact) mass is 326 g/mol. The van der Waals surface area contributed by atoms with Gasteiger partial charge in [0.1, 0.15) is 23.3 Å². The molecule has 0 saturated heterocycles. The summed E-state index contributed by atoms with van der Waals surface area (Å²) in [6, 6.07) is 5.70. The van der Waals surface area contributed by atoms with E-state index in [0.29, 0.717) is 12.1 Å². The van der Waals surface area contributed by atoms with Crippen LogP contribution < -0.4 is 4.74 Å². The third kappa shape index (κ3) is 2.68. The van der Waals surface area contributed by atoms with E-state index in [4.69, 9.17) is 9.26 Å². The summed E-state index contributed by atoms with van der Waals surface area (Å²) in [5, 5.41) is 4.19. The maximum atomic E-state index is 12.7. The topological polar surface area (TPSA) is 55.6 Å². The van der Waals surface area contributed by atoms with Crippen LogP contribution in [0.3, 0.4) is 0 Å². The van der Waals surface area contributed by atoms with Crippen molar-refractivity contribution in [3.05, 3.63) is 46.3 Å². The van der Waals surface area contributed by atoms with Crippen LogP contribution in [0.25, 0.3) is 0 Å². The third-order valence-electron chi connectivity index (χ3n) is 4.91. The molecule has 1 amide bonds. The van der Waals surface area contributed by atoms with Crippen LogP contribution in [0.2, 0.25) is 0 Å². The van der Waals surface area contributed by atoms with Gasteiger partial charge in [-0.05, 0) is 49.9 Å². The van der Waals surface area contributed by atoms with Crippen molar-refractivity contribution >= 4 is 5.91 Å². The molecule has 0 saturated carbocycles. The first-order valence-corrected chi connectivity index (χ1v) is 8.63. The Balaban J connectivity index is 1.51. The highest BCUT2D eigenvalue weighted by Gasteiger charge is 2.24. The molecule has 0 bridgehead atoms. The standard InChI is InChI=1S/C19H22N2O3/c1-12-9-14-10-13(7-8-17(14)23-12)19(22)21(2)11-16-15-5-3-4-6-18(15)24-20-16/h7-8,10,12H,3-6,9,11H2,1-2H3/t12-/m1/s1. The summed E-state index contributed by atoms with van der Waals surface area (Å²) in [5.74, 6) is 1.90. The van der Waals surface area contributed by atoms with Gasteiger partial charge in [0, 0.05) is 31.0 Å². The van der Waals surface area contributed by atoms with Crippen LogP contribution in [0.5, 0.6) is 5.75 Å². The van der Waals surface area contributed by atoms with Gasteiger partial charge in [-0.15, -0.1) is 0 Å². The average molecular weight is 326 g/mol. The second-order valence-electron chi connectivity index (χ2n) is 6.85. The van der Waals surface area contributed by atoms with Crippen molar-refractivity contribution in [3.63, 3.8) is 0 Å². The number of carbonyl (C=O) groups excluding carboxylic acids is 1. The number of ether oxygens (including phenoxy) is 1. The van der Waals surface area contributed by atoms with E-state index < -0.39 is 0 Å². The van der Waals surface area contributed by atoms with Gasteiger partial charge < -0.3 is 14.2 Å². The Bertz CT molecular complexity index is 781. The highest BCUT2D eigenvalue weighted by atomic mass is 16.5. The Morgan fingerprint density at radius 3 is 3.04 bits per heavy atom. The molecular formula is C19H22N2O3. The normalized spacial score (nSPS) is 18.7. The van der Waals surface area contributed by atoms with E-state index in [1.54, 1.807) is 4.90 Å². The molecule has 1 aliphatic carbocycles. The quantitative estimate of drug-likeness (QED) is 0.869. The molecule has 2 aromatic rings. The van der Waals surface area contributed by atoms with Crippen LogP contribution >= 0.6 is 0 Å². The SMILES string of the molecule is C[C@@H]1Cc2cc(C(=O)N(C)Cc3noc4c3CCCC4)ccc2O1. The molecule has 0 spiro atoms. The number of hydrogen-bond acceptors (Lipinski definition) is 4. The Labute approximate surface area is 141 Å². The van der Waals surface area contributed by atoms with E-state index in [0.717, 1.165) is 48.5 Å². The molecule has 0 radical (unpaired) electrons. The summed E-state index contributed by atoms with van der Waals surface area (Å²) in [6.07, 6.45) is 5.34. The Kier molecular flexibility index (Phi) is 3.79. The summed E-state index contributed by atoms with van der Waals surface area (Å²) in [5.41, 5.74) is 3.92. The zero-order valence-electron chi connectivity index (χ0n) is 14.2. The summed E-state index contributed by atoms with van der Waals surface area (Å²) < 4.78 is 11.1. The zero-order chi connectivity index (χ0) is 16.7. The fraction of sp³-hybridized carbons (Fsp3) is 0.474. The molecule has 24 heavy (non-hydrogen) atoms. The number of hydrogen-bond donors (Lipinski definition) is 0. The van der Waals surface area contributed by atoms with E-state index in [1.807, 2.05) is 32.2 Å². The number of aromatic nitrogens is 1. The molecule has 5 heteroatoms. The summed E-state index contributed by atoms with van der Waals surface area (Å²) in [7, 11) is 1.82. The number of fused-ring (bicyclic) bond motifs is 2. The molecule has 5 nitrogen and oxygen atoms in total. The first-order valence-electron chi connectivity index (χ1n) is 8.63. The van der Waals surface area contributed by atoms with Crippen molar-refractivity contribution < 1.29 is 14.1 Å². The molecular weight excluding hydrogens is 304 g/mol. The van der Waals surface area contributed by atoms with E-state index in [2.05, 4.69) is 5.16 Å². The highest BCUT2D eigenvalue weighted by Crippen LogP contribution is 2.30. The lowest BCUT2D eigenvalue weighted by atomic mass is 9.96. The van der Waals surface area contributed by atoms with Crippen LogP contribution in [-0.2, 0) is 25.8 Å². The second kappa shape index (κ2) is 5.96. The van der Waals surface area contributed by atoms with Crippen LogP contribution in [-0.4, -0.2) is 29.1 Å². The first kappa shape index (κ1) is 15.2. The average Bonchev–Trinajstić information content (AvgIpc) is 3.16. The van der Waals surface area contributed by atoms with Gasteiger partial charge in [-0.25, -0.2) is 0 Å². The summed E-state index contributed by atoms with van der Waals surface area (Å²) in [6.45, 7) is 2.53. The molecule has 2 aliphatic rings. The van der Waals surface area contributed by atoms with Crippen molar-refractivity contribution in [1.82, 2.24) is 10.1 Å². The van der Waals surface area contributed by atoms with Gasteiger partial charge in [-0.2, -0.15) is 0 Å². The highest BCUT2D eigenvalue weighted by molar-refractivity contribution is 5.94. The molecule has 1 aromatic heterocycles. The van der Waals surface area contributed by atoms with Crippen molar-refractivity contribution in [2.75, 3.05) is 7.05 Å². The lowest BCUT2D eigenvalue weighted by Crippen LogP contribution is -2.27. The van der Waals surface area contributed by atoms with Crippen molar-refractivity contribution in [1.29, 1.82) is 0 Å². The molecule has 0 N–H and O–H groups in total. The predicted molar refractivity (Wildman–Crippen MR) is 89.2 cm³/mol. The van der Waals surface area contributed by atoms with Crippen molar-refractivity contribution in [3.8, 4) is 5.75 Å². The third-order valence-corrected chi connectivity index (χ3v) is 4.91. The van der Waals surface area contributed by atoms with Gasteiger partial charge in [0.05, 0.1) is 6.54 Å². The van der Waals surface area contributed by atoms with Gasteiger partial charge in [0.25, 0.3) is 5.91 Å². The molecule has 0 unspecified atom stereocenters. The molecule has 1 aromatic carbocycles. The number of carbonyl (C=O) groups is 1. The fourth-order valence-corrected chi connectivity index (χ4v) is 3.65. The first-order chi connectivity index (χ1) is 11.6. The molecule has 0 fully saturated rings. The molecule has 1 aliphatic heterocycles. The molecule has 126 valence electrons. The minimum Gasteiger partial charge on any atom is -0.490 e. The van der Waals surface area contributed by atoms with Crippen LogP contribution in [0.4, 0.5) is 0 Å². The Morgan fingerprint density at radius 1 is 1.33 bits per heavy atom. The predicted octanol–water partition coefficient (Wildman–Crippen LogP) is 3.15. The summed E-state index contributed by atoms with van der Waals surface area (Å²) >= 11 is 0. The Hall–Kier alpha value is -2.30. The maximum Gasteiger partial charge on any atom is 0.253 e. The van der Waals surface area contributed by atoms with Gasteiger partial charge in [-0.3, -0.25) is 4.79 Å². The van der Waals surface area contributed by atoms with Crippen LogP contribution in [0.1, 0.15) is 52.7 Å². The largest absolute Gasteiger partial charge is 0.490 e. The molecule has 2 heterocycles. The number of rotatable bonds is 3. The smallest absolute Gasteiger partial charge is 0.253 e. The minimum absolute atomic E-state index is 0.00455. The number of benzene rings is 1. The van der Waals surface area contributed by atoms with Crippen LogP contribution in [0, 0.1) is 0 Å². The fourth-order valence-electron chi connectivity index (χ4n) is 3.65. The van der Waals surface area contributed by atoms with Crippen LogP contribution in [0.15, 0.2) is 22.7 Å². The molecule has 1 atom stereocenters. The minimum atomic E-state index is 0.00455. The van der Waals surface area contributed by atoms with E-state index in [9.17, 15) is 4.79 Å². The van der Waals surface area contributed by atoms with E-state index >= 15 is 0 Å². The number of aryl methyl sites for hydroxylation is 1. The van der Waals surface area contributed by atoms with E-state index in [-0.39, 0.29) is 12.0 Å². The second-order valence-corrected chi connectivity index (χ2v) is 6.85. The van der Waals surface area contributed by atoms with Gasteiger partial charge in [0.15, 0.2) is 0 Å². The van der Waals surface area contributed by atoms with Gasteiger partial charge >= 0.3 is 0 Å². The van der Waals surface area contributed by atoms with E-state index in [1.165, 1.54) is 12.0 Å². The zero-order valence-corrected chi connectivity index (χ0v) is 14.2. The maximum absolute atomic E-state index is 12.7. The number of nitrogens with zero attached hydrogens (tertiary/aromatic N) is 2. The van der Waals surface area contributed by atoms with Crippen molar-refractivity contribution in [2.45, 2.75) is 51.7 Å². The van der Waals surface area contributed by atoms with Gasteiger partial charge in [0.2, 0.25) is 0 Å². The molecule has 4 rings (SSSR count). The Morgan fingerprint density at radius 2 is 2.17 bits per heavy atom. The summed E-state index contributed by atoms with van der Waals surface area (Å²) in [4.78, 5) is 14.5.